The largest absolute Gasteiger partial charge is 0.494 e. The van der Waals surface area contributed by atoms with Gasteiger partial charge >= 0.3 is 12.1 Å². The zero-order valence-electron chi connectivity index (χ0n) is 23.6. The summed E-state index contributed by atoms with van der Waals surface area (Å²) >= 11 is 6.20. The van der Waals surface area contributed by atoms with E-state index in [4.69, 9.17) is 21.1 Å². The lowest BCUT2D eigenvalue weighted by molar-refractivity contribution is -0.166. The van der Waals surface area contributed by atoms with Crippen molar-refractivity contribution in [3.05, 3.63) is 58.1 Å². The highest BCUT2D eigenvalue weighted by atomic mass is 35.5. The van der Waals surface area contributed by atoms with Crippen LogP contribution in [-0.4, -0.2) is 66.8 Å². The van der Waals surface area contributed by atoms with E-state index in [1.165, 1.54) is 19.2 Å². The van der Waals surface area contributed by atoms with Gasteiger partial charge in [0.2, 0.25) is 0 Å². The van der Waals surface area contributed by atoms with Gasteiger partial charge < -0.3 is 24.6 Å². The van der Waals surface area contributed by atoms with Crippen LogP contribution >= 0.6 is 11.6 Å². The summed E-state index contributed by atoms with van der Waals surface area (Å²) in [6.45, 7) is 0.708. The van der Waals surface area contributed by atoms with E-state index >= 15 is 0 Å². The number of likely N-dealkylation sites (N-methyl/N-ethyl adjacent to an activating group) is 1. The van der Waals surface area contributed by atoms with Crippen molar-refractivity contribution in [1.82, 2.24) is 4.90 Å². The van der Waals surface area contributed by atoms with Crippen molar-refractivity contribution in [2.45, 2.75) is 68.9 Å². The van der Waals surface area contributed by atoms with Crippen molar-refractivity contribution in [3.8, 4) is 5.75 Å². The first kappa shape index (κ1) is 30.8. The Hall–Kier alpha value is -3.14. The third-order valence-corrected chi connectivity index (χ3v) is 9.04. The molecule has 2 aliphatic rings. The van der Waals surface area contributed by atoms with Crippen LogP contribution < -0.4 is 10.1 Å². The molecule has 2 fully saturated rings. The highest BCUT2D eigenvalue weighted by molar-refractivity contribution is 6.34. The SMILES string of the molecule is COc1cc(C=O)cc(Cl)c1NC(=O)OCCN(C)[C@H]1CC[C@H](c2ccccc2[C@@](O)(C(=O)O)C2CCCC2)CC1. The molecule has 10 heteroatoms. The molecule has 1 amide bonds. The lowest BCUT2D eigenvalue weighted by Crippen LogP contribution is -2.43. The lowest BCUT2D eigenvalue weighted by atomic mass is 9.73. The number of hydrogen-bond acceptors (Lipinski definition) is 7. The molecule has 2 aromatic rings. The maximum atomic E-state index is 12.4. The summed E-state index contributed by atoms with van der Waals surface area (Å²) in [5, 5.41) is 24.4. The molecule has 0 radical (unpaired) electrons. The number of ether oxygens (including phenoxy) is 2. The van der Waals surface area contributed by atoms with Gasteiger partial charge in [0.05, 0.1) is 12.1 Å². The maximum absolute atomic E-state index is 12.4. The fourth-order valence-electron chi connectivity index (χ4n) is 6.44. The third-order valence-electron chi connectivity index (χ3n) is 8.74. The molecule has 0 bridgehead atoms. The van der Waals surface area contributed by atoms with Gasteiger partial charge in [0.25, 0.3) is 0 Å². The Morgan fingerprint density at radius 1 is 1.12 bits per heavy atom. The second-order valence-corrected chi connectivity index (χ2v) is 11.5. The Labute approximate surface area is 245 Å². The molecule has 0 aliphatic heterocycles. The van der Waals surface area contributed by atoms with Gasteiger partial charge in [0.15, 0.2) is 5.60 Å². The molecule has 0 saturated heterocycles. The molecule has 0 spiro atoms. The van der Waals surface area contributed by atoms with E-state index in [1.54, 1.807) is 6.07 Å². The number of aliphatic hydroxyl groups is 1. The summed E-state index contributed by atoms with van der Waals surface area (Å²) in [4.78, 5) is 38.0. The zero-order chi connectivity index (χ0) is 29.6. The minimum absolute atomic E-state index is 0.170. The molecule has 0 aromatic heterocycles. The number of hydrogen-bond donors (Lipinski definition) is 3. The fourth-order valence-corrected chi connectivity index (χ4v) is 6.70. The smallest absolute Gasteiger partial charge is 0.411 e. The van der Waals surface area contributed by atoms with Gasteiger partial charge in [-0.1, -0.05) is 48.7 Å². The first-order chi connectivity index (χ1) is 19.7. The Bertz CT molecular complexity index is 1240. The average Bonchev–Trinajstić information content (AvgIpc) is 3.53. The van der Waals surface area contributed by atoms with Crippen molar-refractivity contribution >= 4 is 35.6 Å². The number of carboxylic acids is 1. The summed E-state index contributed by atoms with van der Waals surface area (Å²) in [7, 11) is 3.42. The summed E-state index contributed by atoms with van der Waals surface area (Å²) in [5.74, 6) is -0.992. The standard InChI is InChI=1S/C31H39ClN2O7/c1-34(15-16-41-30(38)33-28-26(32)17-20(19-35)18-27(28)40-2)23-13-11-21(12-14-23)24-9-5-6-10-25(24)31(39,29(36)37)22-7-3-4-8-22/h5-6,9-10,17-19,21-23,39H,3-4,7-8,11-16H2,1-2H3,(H,33,38)(H,36,37)/t21-,23-,31-/m1/s1. The van der Waals surface area contributed by atoms with Crippen LogP contribution in [0.4, 0.5) is 10.5 Å². The summed E-state index contributed by atoms with van der Waals surface area (Å²) in [5.41, 5.74) is 0.203. The minimum Gasteiger partial charge on any atom is -0.494 e. The van der Waals surface area contributed by atoms with Gasteiger partial charge in [-0.2, -0.15) is 0 Å². The molecule has 2 saturated carbocycles. The molecule has 0 heterocycles. The van der Waals surface area contributed by atoms with Gasteiger partial charge in [-0.25, -0.2) is 9.59 Å². The minimum atomic E-state index is -1.86. The molecule has 222 valence electrons. The summed E-state index contributed by atoms with van der Waals surface area (Å²) in [6.07, 6.45) is 6.88. The highest BCUT2D eigenvalue weighted by Crippen LogP contribution is 2.45. The molecule has 4 rings (SSSR count). The highest BCUT2D eigenvalue weighted by Gasteiger charge is 2.48. The number of rotatable bonds is 11. The van der Waals surface area contributed by atoms with Crippen LogP contribution in [0.5, 0.6) is 5.75 Å². The number of carbonyl (C=O) groups excluding carboxylic acids is 2. The van der Waals surface area contributed by atoms with E-state index < -0.39 is 17.7 Å². The maximum Gasteiger partial charge on any atom is 0.411 e. The average molecular weight is 587 g/mol. The number of benzene rings is 2. The summed E-state index contributed by atoms with van der Waals surface area (Å²) < 4.78 is 10.6. The third kappa shape index (κ3) is 6.85. The Balaban J connectivity index is 1.31. The van der Waals surface area contributed by atoms with Crippen LogP contribution in [0, 0.1) is 5.92 Å². The fraction of sp³-hybridized carbons (Fsp3) is 0.516. The molecule has 9 nitrogen and oxygen atoms in total. The van der Waals surface area contributed by atoms with E-state index in [1.807, 2.05) is 25.2 Å². The number of aliphatic carboxylic acids is 1. The number of nitrogens with zero attached hydrogens (tertiary/aromatic N) is 1. The van der Waals surface area contributed by atoms with E-state index in [0.717, 1.165) is 56.9 Å². The molecule has 2 aromatic carbocycles. The lowest BCUT2D eigenvalue weighted by Gasteiger charge is -2.38. The van der Waals surface area contributed by atoms with E-state index in [-0.39, 0.29) is 34.9 Å². The first-order valence-electron chi connectivity index (χ1n) is 14.2. The number of halogens is 1. The number of carbonyl (C=O) groups is 3. The number of aldehydes is 1. The predicted molar refractivity (Wildman–Crippen MR) is 156 cm³/mol. The number of nitrogens with one attached hydrogen (secondary N) is 1. The monoisotopic (exact) mass is 586 g/mol. The van der Waals surface area contributed by atoms with Crippen molar-refractivity contribution in [1.29, 1.82) is 0 Å². The van der Waals surface area contributed by atoms with Gasteiger partial charge in [0, 0.05) is 24.1 Å². The van der Waals surface area contributed by atoms with Gasteiger partial charge in [0.1, 0.15) is 24.3 Å². The molecule has 41 heavy (non-hydrogen) atoms. The topological polar surface area (TPSA) is 125 Å². The van der Waals surface area contributed by atoms with Crippen molar-refractivity contribution in [2.75, 3.05) is 32.6 Å². The number of carboxylic acid groups (broad SMARTS) is 1. The van der Waals surface area contributed by atoms with Gasteiger partial charge in [-0.3, -0.25) is 10.1 Å². The van der Waals surface area contributed by atoms with Crippen LogP contribution in [0.25, 0.3) is 0 Å². The summed E-state index contributed by atoms with van der Waals surface area (Å²) in [6, 6.07) is 10.7. The predicted octanol–water partition coefficient (Wildman–Crippen LogP) is 5.83. The van der Waals surface area contributed by atoms with E-state index in [2.05, 4.69) is 10.2 Å². The van der Waals surface area contributed by atoms with Crippen molar-refractivity contribution in [2.24, 2.45) is 5.92 Å². The molecular formula is C31H39ClN2O7. The first-order valence-corrected chi connectivity index (χ1v) is 14.6. The van der Waals surface area contributed by atoms with Crippen molar-refractivity contribution in [3.63, 3.8) is 0 Å². The second-order valence-electron chi connectivity index (χ2n) is 11.1. The molecule has 3 N–H and O–H groups in total. The normalized spacial score (nSPS) is 20.8. The van der Waals surface area contributed by atoms with E-state index in [0.29, 0.717) is 30.0 Å². The second kappa shape index (κ2) is 13.7. The number of anilines is 1. The van der Waals surface area contributed by atoms with Crippen LogP contribution in [0.3, 0.4) is 0 Å². The van der Waals surface area contributed by atoms with Crippen LogP contribution in [0.2, 0.25) is 5.02 Å². The zero-order valence-corrected chi connectivity index (χ0v) is 24.4. The Kier molecular flexibility index (Phi) is 10.3. The molecule has 2 aliphatic carbocycles. The number of methoxy groups -OCH3 is 1. The molecule has 1 atom stereocenters. The van der Waals surface area contributed by atoms with Gasteiger partial charge in [-0.15, -0.1) is 0 Å². The van der Waals surface area contributed by atoms with Crippen LogP contribution in [0.1, 0.15) is 78.8 Å². The molecular weight excluding hydrogens is 548 g/mol. The Morgan fingerprint density at radius 3 is 2.44 bits per heavy atom. The van der Waals surface area contributed by atoms with Crippen LogP contribution in [-0.2, 0) is 15.1 Å². The van der Waals surface area contributed by atoms with E-state index in [9.17, 15) is 24.6 Å². The number of amides is 1. The quantitative estimate of drug-likeness (QED) is 0.281. The van der Waals surface area contributed by atoms with Crippen molar-refractivity contribution < 1.29 is 34.1 Å². The van der Waals surface area contributed by atoms with Crippen LogP contribution in [0.15, 0.2) is 36.4 Å². The molecule has 0 unspecified atom stereocenters. The van der Waals surface area contributed by atoms with Gasteiger partial charge in [-0.05, 0) is 74.8 Å². The Morgan fingerprint density at radius 2 is 1.80 bits per heavy atom.